The van der Waals surface area contributed by atoms with Gasteiger partial charge in [-0.25, -0.2) is 0 Å². The molecule has 2 N–H and O–H groups in total. The molecule has 0 atom stereocenters. The first-order valence-corrected chi connectivity index (χ1v) is 7.34. The normalized spacial score (nSPS) is 10.8. The molecule has 2 aromatic carbocycles. The summed E-state index contributed by atoms with van der Waals surface area (Å²) in [5, 5.41) is 12.5. The van der Waals surface area contributed by atoms with Gasteiger partial charge in [0.15, 0.2) is 5.82 Å². The summed E-state index contributed by atoms with van der Waals surface area (Å²) < 4.78 is 2.37. The van der Waals surface area contributed by atoms with Gasteiger partial charge in [0, 0.05) is 11.3 Å². The molecule has 1 heterocycles. The molecular weight excluding hydrogens is 354 g/mol. The lowest BCUT2D eigenvalue weighted by atomic mass is 10.1. The Kier molecular flexibility index (Phi) is 3.65. The maximum atomic E-state index is 6.14. The number of tetrazole rings is 1. The molecule has 5 nitrogen and oxygen atoms in total. The van der Waals surface area contributed by atoms with Crippen molar-refractivity contribution in [3.05, 3.63) is 51.5 Å². The Labute approximate surface area is 134 Å². The predicted octanol–water partition coefficient (Wildman–Crippen LogP) is 3.64. The number of nitrogens with zero attached hydrogens (tertiary/aromatic N) is 4. The third kappa shape index (κ3) is 2.52. The summed E-state index contributed by atoms with van der Waals surface area (Å²) in [5.74, 6) is 0.614. The van der Waals surface area contributed by atoms with Gasteiger partial charge in [-0.05, 0) is 63.1 Å². The fraction of sp³-hybridized carbons (Fsp3) is 0.0714. The van der Waals surface area contributed by atoms with E-state index in [1.807, 2.05) is 37.3 Å². The van der Waals surface area contributed by atoms with Crippen LogP contribution in [0.2, 0.25) is 5.02 Å². The molecule has 0 radical (unpaired) electrons. The summed E-state index contributed by atoms with van der Waals surface area (Å²) in [6.07, 6.45) is 0. The number of rotatable bonds is 2. The lowest BCUT2D eigenvalue weighted by Crippen LogP contribution is -2.02. The first kappa shape index (κ1) is 14.0. The van der Waals surface area contributed by atoms with Crippen molar-refractivity contribution in [1.82, 2.24) is 20.2 Å². The van der Waals surface area contributed by atoms with Crippen LogP contribution in [0.5, 0.6) is 0 Å². The molecule has 0 saturated carbocycles. The maximum absolute atomic E-state index is 6.14. The Bertz CT molecular complexity index is 798. The van der Waals surface area contributed by atoms with Gasteiger partial charge in [-0.15, -0.1) is 5.10 Å². The SMILES string of the molecule is Cc1ccc(N)cc1-c1nnnn1-c1cccc(Cl)c1Br. The topological polar surface area (TPSA) is 69.6 Å². The Hall–Kier alpha value is -1.92. The average molecular weight is 365 g/mol. The van der Waals surface area contributed by atoms with Crippen LogP contribution in [0.4, 0.5) is 5.69 Å². The van der Waals surface area contributed by atoms with Crippen LogP contribution < -0.4 is 5.73 Å². The van der Waals surface area contributed by atoms with Gasteiger partial charge in [-0.1, -0.05) is 23.7 Å². The molecule has 106 valence electrons. The minimum absolute atomic E-state index is 0.596. The van der Waals surface area contributed by atoms with Gasteiger partial charge in [0.2, 0.25) is 0 Å². The molecule has 0 aliphatic rings. The van der Waals surface area contributed by atoms with Crippen molar-refractivity contribution >= 4 is 33.2 Å². The summed E-state index contributed by atoms with van der Waals surface area (Å²) in [4.78, 5) is 0. The van der Waals surface area contributed by atoms with E-state index in [0.29, 0.717) is 16.5 Å². The van der Waals surface area contributed by atoms with Crippen molar-refractivity contribution < 1.29 is 0 Å². The van der Waals surface area contributed by atoms with Gasteiger partial charge in [-0.3, -0.25) is 0 Å². The van der Waals surface area contributed by atoms with E-state index < -0.39 is 0 Å². The third-order valence-corrected chi connectivity index (χ3v) is 4.51. The van der Waals surface area contributed by atoms with Gasteiger partial charge in [0.05, 0.1) is 15.2 Å². The van der Waals surface area contributed by atoms with Gasteiger partial charge in [0.25, 0.3) is 0 Å². The lowest BCUT2D eigenvalue weighted by Gasteiger charge is -2.10. The predicted molar refractivity (Wildman–Crippen MR) is 86.4 cm³/mol. The highest BCUT2D eigenvalue weighted by Crippen LogP contribution is 2.31. The first-order chi connectivity index (χ1) is 10.1. The van der Waals surface area contributed by atoms with Crippen LogP contribution in [0.3, 0.4) is 0 Å². The number of nitrogens with two attached hydrogens (primary N) is 1. The standard InChI is InChI=1S/C14H11BrClN5/c1-8-5-6-9(17)7-10(8)14-18-19-20-21(14)12-4-2-3-11(16)13(12)15/h2-7H,17H2,1H3. The van der Waals surface area contributed by atoms with Crippen LogP contribution in [0.1, 0.15) is 5.56 Å². The van der Waals surface area contributed by atoms with E-state index in [2.05, 4.69) is 31.5 Å². The molecule has 0 aliphatic carbocycles. The molecule has 7 heteroatoms. The van der Waals surface area contributed by atoms with Gasteiger partial charge in [-0.2, -0.15) is 4.68 Å². The molecule has 0 amide bonds. The van der Waals surface area contributed by atoms with Gasteiger partial charge < -0.3 is 5.73 Å². The Balaban J connectivity index is 2.22. The van der Waals surface area contributed by atoms with Crippen molar-refractivity contribution in [2.24, 2.45) is 0 Å². The zero-order chi connectivity index (χ0) is 15.0. The Morgan fingerprint density at radius 2 is 2.05 bits per heavy atom. The van der Waals surface area contributed by atoms with Crippen LogP contribution >= 0.6 is 27.5 Å². The monoisotopic (exact) mass is 363 g/mol. The summed E-state index contributed by atoms with van der Waals surface area (Å²) in [5.41, 5.74) is 9.22. The third-order valence-electron chi connectivity index (χ3n) is 3.13. The quantitative estimate of drug-likeness (QED) is 0.705. The van der Waals surface area contributed by atoms with E-state index in [-0.39, 0.29) is 0 Å². The summed E-state index contributed by atoms with van der Waals surface area (Å²) in [6.45, 7) is 1.99. The van der Waals surface area contributed by atoms with Crippen molar-refractivity contribution in [3.8, 4) is 17.1 Å². The molecule has 0 bridgehead atoms. The molecule has 3 aromatic rings. The molecule has 0 fully saturated rings. The number of nitrogen functional groups attached to an aromatic ring is 1. The largest absolute Gasteiger partial charge is 0.399 e. The minimum Gasteiger partial charge on any atom is -0.399 e. The fourth-order valence-electron chi connectivity index (χ4n) is 2.05. The zero-order valence-electron chi connectivity index (χ0n) is 11.1. The maximum Gasteiger partial charge on any atom is 0.187 e. The molecule has 0 aliphatic heterocycles. The number of anilines is 1. The summed E-state index contributed by atoms with van der Waals surface area (Å²) >= 11 is 9.61. The van der Waals surface area contributed by atoms with Crippen molar-refractivity contribution in [1.29, 1.82) is 0 Å². The molecule has 3 rings (SSSR count). The van der Waals surface area contributed by atoms with E-state index in [1.165, 1.54) is 0 Å². The highest BCUT2D eigenvalue weighted by molar-refractivity contribution is 9.10. The smallest absolute Gasteiger partial charge is 0.187 e. The Morgan fingerprint density at radius 1 is 1.24 bits per heavy atom. The van der Waals surface area contributed by atoms with E-state index in [0.717, 1.165) is 21.3 Å². The number of hydrogen-bond donors (Lipinski definition) is 1. The molecule has 0 spiro atoms. The second-order valence-corrected chi connectivity index (χ2v) is 5.76. The number of aromatic nitrogens is 4. The number of halogens is 2. The Morgan fingerprint density at radius 3 is 2.86 bits per heavy atom. The molecule has 1 aromatic heterocycles. The molecule has 0 unspecified atom stereocenters. The second kappa shape index (κ2) is 5.46. The van der Waals surface area contributed by atoms with Crippen LogP contribution in [-0.2, 0) is 0 Å². The molecular formula is C14H11BrClN5. The fourth-order valence-corrected chi connectivity index (χ4v) is 2.66. The van der Waals surface area contributed by atoms with Crippen LogP contribution in [0.15, 0.2) is 40.9 Å². The van der Waals surface area contributed by atoms with Gasteiger partial charge >= 0.3 is 0 Å². The van der Waals surface area contributed by atoms with E-state index in [1.54, 1.807) is 10.7 Å². The van der Waals surface area contributed by atoms with Crippen LogP contribution in [0.25, 0.3) is 17.1 Å². The number of benzene rings is 2. The van der Waals surface area contributed by atoms with Crippen molar-refractivity contribution in [2.45, 2.75) is 6.92 Å². The minimum atomic E-state index is 0.596. The van der Waals surface area contributed by atoms with E-state index >= 15 is 0 Å². The van der Waals surface area contributed by atoms with Crippen LogP contribution in [-0.4, -0.2) is 20.2 Å². The van der Waals surface area contributed by atoms with E-state index in [4.69, 9.17) is 17.3 Å². The van der Waals surface area contributed by atoms with Crippen molar-refractivity contribution in [3.63, 3.8) is 0 Å². The summed E-state index contributed by atoms with van der Waals surface area (Å²) in [6, 6.07) is 11.2. The molecule has 21 heavy (non-hydrogen) atoms. The average Bonchev–Trinajstić information content (AvgIpc) is 2.93. The number of hydrogen-bond acceptors (Lipinski definition) is 4. The number of aryl methyl sites for hydroxylation is 1. The van der Waals surface area contributed by atoms with Gasteiger partial charge in [0.1, 0.15) is 0 Å². The highest BCUT2D eigenvalue weighted by Gasteiger charge is 2.16. The molecule has 0 saturated heterocycles. The second-order valence-electron chi connectivity index (χ2n) is 4.56. The van der Waals surface area contributed by atoms with Crippen LogP contribution in [0, 0.1) is 6.92 Å². The lowest BCUT2D eigenvalue weighted by molar-refractivity contribution is 0.789. The highest BCUT2D eigenvalue weighted by atomic mass is 79.9. The van der Waals surface area contributed by atoms with E-state index in [9.17, 15) is 0 Å². The van der Waals surface area contributed by atoms with Crippen molar-refractivity contribution in [2.75, 3.05) is 5.73 Å². The zero-order valence-corrected chi connectivity index (χ0v) is 13.4. The first-order valence-electron chi connectivity index (χ1n) is 6.17. The summed E-state index contributed by atoms with van der Waals surface area (Å²) in [7, 11) is 0.